The van der Waals surface area contributed by atoms with Crippen LogP contribution in [0, 0.1) is 6.92 Å². The number of thiazole rings is 1. The average molecular weight is 366 g/mol. The lowest BCUT2D eigenvalue weighted by Crippen LogP contribution is -2.48. The van der Waals surface area contributed by atoms with E-state index in [0.717, 1.165) is 46.9 Å². The minimum Gasteiger partial charge on any atom is -0.345 e. The SMILES string of the molecule is Cc1ccc(C(=O)N2CCN(c3nccs3)CC2)cc1Br. The summed E-state index contributed by atoms with van der Waals surface area (Å²) in [6.45, 7) is 5.18. The number of aromatic nitrogens is 1. The van der Waals surface area contributed by atoms with Crippen LogP contribution in [0.25, 0.3) is 0 Å². The Morgan fingerprint density at radius 2 is 2.05 bits per heavy atom. The van der Waals surface area contributed by atoms with Gasteiger partial charge >= 0.3 is 0 Å². The Balaban J connectivity index is 1.66. The Morgan fingerprint density at radius 3 is 2.67 bits per heavy atom. The van der Waals surface area contributed by atoms with E-state index >= 15 is 0 Å². The van der Waals surface area contributed by atoms with Gasteiger partial charge in [-0.1, -0.05) is 22.0 Å². The van der Waals surface area contributed by atoms with Crippen molar-refractivity contribution in [3.8, 4) is 0 Å². The van der Waals surface area contributed by atoms with Crippen molar-refractivity contribution >= 4 is 38.3 Å². The van der Waals surface area contributed by atoms with E-state index < -0.39 is 0 Å². The fraction of sp³-hybridized carbons (Fsp3) is 0.333. The van der Waals surface area contributed by atoms with Gasteiger partial charge in [0.2, 0.25) is 0 Å². The molecule has 1 aromatic carbocycles. The Morgan fingerprint density at radius 1 is 1.29 bits per heavy atom. The highest BCUT2D eigenvalue weighted by Crippen LogP contribution is 2.21. The molecule has 0 N–H and O–H groups in total. The zero-order chi connectivity index (χ0) is 14.8. The minimum absolute atomic E-state index is 0.106. The summed E-state index contributed by atoms with van der Waals surface area (Å²) in [4.78, 5) is 21.0. The first kappa shape index (κ1) is 14.5. The molecule has 1 aliphatic heterocycles. The fourth-order valence-electron chi connectivity index (χ4n) is 2.38. The maximum Gasteiger partial charge on any atom is 0.254 e. The van der Waals surface area contributed by atoms with Crippen molar-refractivity contribution in [2.75, 3.05) is 31.1 Å². The summed E-state index contributed by atoms with van der Waals surface area (Å²) < 4.78 is 0.981. The smallest absolute Gasteiger partial charge is 0.254 e. The van der Waals surface area contributed by atoms with Crippen molar-refractivity contribution in [3.63, 3.8) is 0 Å². The number of benzene rings is 1. The molecule has 0 atom stereocenters. The van der Waals surface area contributed by atoms with Gasteiger partial charge in [-0.3, -0.25) is 4.79 Å². The summed E-state index contributed by atoms with van der Waals surface area (Å²) in [7, 11) is 0. The lowest BCUT2D eigenvalue weighted by molar-refractivity contribution is 0.0746. The molecular weight excluding hydrogens is 350 g/mol. The number of carbonyl (C=O) groups is 1. The monoisotopic (exact) mass is 365 g/mol. The number of rotatable bonds is 2. The van der Waals surface area contributed by atoms with Crippen LogP contribution in [-0.2, 0) is 0 Å². The number of amides is 1. The number of halogens is 1. The zero-order valence-corrected chi connectivity index (χ0v) is 14.2. The molecule has 0 spiro atoms. The Kier molecular flexibility index (Phi) is 4.26. The van der Waals surface area contributed by atoms with Crippen LogP contribution in [-0.4, -0.2) is 42.0 Å². The van der Waals surface area contributed by atoms with Crippen molar-refractivity contribution in [1.82, 2.24) is 9.88 Å². The van der Waals surface area contributed by atoms with Crippen LogP contribution in [0.2, 0.25) is 0 Å². The van der Waals surface area contributed by atoms with Crippen molar-refractivity contribution in [2.45, 2.75) is 6.92 Å². The topological polar surface area (TPSA) is 36.4 Å². The molecule has 0 aliphatic carbocycles. The van der Waals surface area contributed by atoms with Crippen LogP contribution < -0.4 is 4.90 Å². The highest BCUT2D eigenvalue weighted by atomic mass is 79.9. The molecule has 6 heteroatoms. The summed E-state index contributed by atoms with van der Waals surface area (Å²) >= 11 is 5.13. The summed E-state index contributed by atoms with van der Waals surface area (Å²) in [5.74, 6) is 0.106. The molecule has 110 valence electrons. The van der Waals surface area contributed by atoms with Crippen LogP contribution in [0.3, 0.4) is 0 Å². The highest BCUT2D eigenvalue weighted by molar-refractivity contribution is 9.10. The molecule has 21 heavy (non-hydrogen) atoms. The van der Waals surface area contributed by atoms with Gasteiger partial charge in [-0.25, -0.2) is 4.98 Å². The largest absolute Gasteiger partial charge is 0.345 e. The lowest BCUT2D eigenvalue weighted by atomic mass is 10.1. The Hall–Kier alpha value is -1.40. The summed E-state index contributed by atoms with van der Waals surface area (Å²) in [5.41, 5.74) is 1.88. The summed E-state index contributed by atoms with van der Waals surface area (Å²) in [6, 6.07) is 5.78. The van der Waals surface area contributed by atoms with Crippen LogP contribution >= 0.6 is 27.3 Å². The molecule has 0 unspecified atom stereocenters. The van der Waals surface area contributed by atoms with Crippen molar-refractivity contribution in [2.24, 2.45) is 0 Å². The molecule has 1 aliphatic rings. The first-order valence-corrected chi connectivity index (χ1v) is 8.52. The molecule has 4 nitrogen and oxygen atoms in total. The first-order valence-electron chi connectivity index (χ1n) is 6.85. The Labute approximate surface area is 136 Å². The van der Waals surface area contributed by atoms with E-state index in [1.165, 1.54) is 0 Å². The predicted octanol–water partition coefficient (Wildman–Crippen LogP) is 3.18. The van der Waals surface area contributed by atoms with Crippen LogP contribution in [0.1, 0.15) is 15.9 Å². The second kappa shape index (κ2) is 6.15. The van der Waals surface area contributed by atoms with E-state index in [4.69, 9.17) is 0 Å². The standard InChI is InChI=1S/C15H16BrN3OS/c1-11-2-3-12(10-13(11)16)14(20)18-5-7-19(8-6-18)15-17-4-9-21-15/h2-4,9-10H,5-8H2,1H3. The predicted molar refractivity (Wildman–Crippen MR) is 89.1 cm³/mol. The third-order valence-electron chi connectivity index (χ3n) is 3.68. The number of piperazine rings is 1. The highest BCUT2D eigenvalue weighted by Gasteiger charge is 2.23. The number of nitrogens with zero attached hydrogens (tertiary/aromatic N) is 3. The molecule has 3 rings (SSSR count). The minimum atomic E-state index is 0.106. The lowest BCUT2D eigenvalue weighted by Gasteiger charge is -2.34. The molecule has 2 heterocycles. The van der Waals surface area contributed by atoms with E-state index in [2.05, 4.69) is 25.8 Å². The fourth-order valence-corrected chi connectivity index (χ4v) is 3.46. The van der Waals surface area contributed by atoms with Gasteiger partial charge in [-0.05, 0) is 24.6 Å². The third kappa shape index (κ3) is 3.11. The van der Waals surface area contributed by atoms with E-state index in [1.807, 2.05) is 41.6 Å². The van der Waals surface area contributed by atoms with Gasteiger partial charge in [-0.15, -0.1) is 11.3 Å². The van der Waals surface area contributed by atoms with Gasteiger partial charge in [0, 0.05) is 47.8 Å². The quantitative estimate of drug-likeness (QED) is 0.819. The summed E-state index contributed by atoms with van der Waals surface area (Å²) in [5, 5.41) is 3.02. The van der Waals surface area contributed by atoms with Gasteiger partial charge in [0.15, 0.2) is 5.13 Å². The molecule has 0 radical (unpaired) electrons. The van der Waals surface area contributed by atoms with Gasteiger partial charge in [0.1, 0.15) is 0 Å². The van der Waals surface area contributed by atoms with Gasteiger partial charge in [-0.2, -0.15) is 0 Å². The van der Waals surface area contributed by atoms with Crippen LogP contribution in [0.5, 0.6) is 0 Å². The van der Waals surface area contributed by atoms with Crippen LogP contribution in [0.4, 0.5) is 5.13 Å². The Bertz CT molecular complexity index is 636. The number of carbonyl (C=O) groups excluding carboxylic acids is 1. The molecule has 2 aromatic rings. The third-order valence-corrected chi connectivity index (χ3v) is 5.36. The molecule has 0 bridgehead atoms. The van der Waals surface area contributed by atoms with Gasteiger partial charge < -0.3 is 9.80 Å². The second-order valence-corrected chi connectivity index (χ2v) is 6.79. The molecule has 1 fully saturated rings. The molecule has 1 aromatic heterocycles. The van der Waals surface area contributed by atoms with E-state index in [0.29, 0.717) is 0 Å². The molecule has 1 amide bonds. The van der Waals surface area contributed by atoms with E-state index in [1.54, 1.807) is 11.3 Å². The molecule has 0 saturated carbocycles. The summed E-state index contributed by atoms with van der Waals surface area (Å²) in [6.07, 6.45) is 1.82. The average Bonchev–Trinajstić information content (AvgIpc) is 3.04. The first-order chi connectivity index (χ1) is 10.1. The zero-order valence-electron chi connectivity index (χ0n) is 11.8. The molecule has 1 saturated heterocycles. The van der Waals surface area contributed by atoms with Crippen LogP contribution in [0.15, 0.2) is 34.2 Å². The van der Waals surface area contributed by atoms with Crippen molar-refractivity contribution in [3.05, 3.63) is 45.4 Å². The number of hydrogen-bond acceptors (Lipinski definition) is 4. The van der Waals surface area contributed by atoms with E-state index in [9.17, 15) is 4.79 Å². The normalized spacial score (nSPS) is 15.3. The van der Waals surface area contributed by atoms with Crippen molar-refractivity contribution < 1.29 is 4.79 Å². The van der Waals surface area contributed by atoms with Crippen molar-refractivity contribution in [1.29, 1.82) is 0 Å². The number of anilines is 1. The molecular formula is C15H16BrN3OS. The maximum absolute atomic E-state index is 12.5. The maximum atomic E-state index is 12.5. The van der Waals surface area contributed by atoms with Gasteiger partial charge in [0.25, 0.3) is 5.91 Å². The second-order valence-electron chi connectivity index (χ2n) is 5.06. The number of aryl methyl sites for hydroxylation is 1. The number of hydrogen-bond donors (Lipinski definition) is 0. The van der Waals surface area contributed by atoms with Gasteiger partial charge in [0.05, 0.1) is 0 Å². The van der Waals surface area contributed by atoms with E-state index in [-0.39, 0.29) is 5.91 Å².